The summed E-state index contributed by atoms with van der Waals surface area (Å²) in [4.78, 5) is 102. The van der Waals surface area contributed by atoms with Crippen molar-refractivity contribution in [2.24, 2.45) is 23.7 Å². The number of fused-ring (bicyclic) bond motifs is 7. The summed E-state index contributed by atoms with van der Waals surface area (Å²) in [5.74, 6) is -0.977. The van der Waals surface area contributed by atoms with Crippen LogP contribution in [-0.2, 0) is 91.1 Å². The molecule has 4 aliphatic rings. The summed E-state index contributed by atoms with van der Waals surface area (Å²) in [6.07, 6.45) is 12.1. The Hall–Kier alpha value is -2.10. The molecule has 1 fully saturated rings. The van der Waals surface area contributed by atoms with Crippen LogP contribution in [0.15, 0.2) is 17.4 Å². The molecule has 0 aliphatic heterocycles. The molecular weight excluding hydrogens is 1510 g/mol. The number of aryl methyl sites for hydroxylation is 3. The number of carbonyl (C=O) groups is 6. The predicted octanol–water partition coefficient (Wildman–Crippen LogP) is 11.2. The fraction of sp³-hybridized carbons (Fsp3) is 0.551. The number of nitrogens with zero attached hydrogens (tertiary/aromatic N) is 3. The maximum atomic E-state index is 11.9. The summed E-state index contributed by atoms with van der Waals surface area (Å²) in [7, 11) is 5.65. The van der Waals surface area contributed by atoms with Gasteiger partial charge in [0.2, 0.25) is 0 Å². The number of nitrogens with one attached hydrogen (secondary N) is 1. The zero-order chi connectivity index (χ0) is 53.2. The van der Waals surface area contributed by atoms with Crippen LogP contribution in [0.3, 0.4) is 0 Å². The number of Topliss-reactive ketones (excluding diaryl/α,β-unsaturated/α-hetero) is 1. The second kappa shape index (κ2) is 34.0. The Morgan fingerprint density at radius 1 is 0.649 bits per heavy atom. The molecule has 25 heteroatoms. The molecule has 0 bridgehead atoms. The maximum absolute atomic E-state index is 11.9. The molecule has 9 rings (SSSR count). The number of nitrogen functional groups attached to an aromatic ring is 1. The first kappa shape index (κ1) is 68.0. The van der Waals surface area contributed by atoms with E-state index in [1.165, 1.54) is 73.3 Å². The van der Waals surface area contributed by atoms with Gasteiger partial charge in [-0.2, -0.15) is 0 Å². The van der Waals surface area contributed by atoms with Crippen LogP contribution < -0.4 is 11.3 Å². The molecule has 5 aromatic rings. The topological polar surface area (TPSA) is 246 Å². The third-order valence-electron chi connectivity index (χ3n) is 12.3. The third-order valence-corrected chi connectivity index (χ3v) is 15.7. The molecule has 410 valence electrons. The summed E-state index contributed by atoms with van der Waals surface area (Å²) < 4.78 is 24.0. The second-order valence-electron chi connectivity index (χ2n) is 16.4. The van der Waals surface area contributed by atoms with Gasteiger partial charge in [-0.05, 0) is 106 Å². The molecule has 0 spiro atoms. The van der Waals surface area contributed by atoms with Gasteiger partial charge in [0.05, 0.1) is 76.0 Å². The average Bonchev–Trinajstić information content (AvgIpc) is 4.07. The molecule has 5 heterocycles. The first-order chi connectivity index (χ1) is 34.5. The molecule has 5 aromatic heterocycles. The Balaban J connectivity index is 0.000000327. The first-order valence-corrected chi connectivity index (χ1v) is 40.8. The van der Waals surface area contributed by atoms with Crippen LogP contribution in [0.2, 0.25) is 0 Å². The number of ketones is 1. The van der Waals surface area contributed by atoms with E-state index in [9.17, 15) is 33.6 Å². The van der Waals surface area contributed by atoms with Crippen LogP contribution in [0, 0.1) is 30.6 Å². The summed E-state index contributed by atoms with van der Waals surface area (Å²) in [5.41, 5.74) is 10.7. The van der Waals surface area contributed by atoms with Crippen molar-refractivity contribution < 1.29 is 57.4 Å². The fourth-order valence-electron chi connectivity index (χ4n) is 8.87. The van der Waals surface area contributed by atoms with E-state index >= 15 is 0 Å². The molecule has 0 amide bonds. The van der Waals surface area contributed by atoms with Gasteiger partial charge in [-0.15, -0.1) is 34.0 Å². The number of aromatic amines is 1. The molecule has 4 aliphatic carbocycles. The molecule has 74 heavy (non-hydrogen) atoms. The van der Waals surface area contributed by atoms with E-state index in [1.54, 1.807) is 24.6 Å². The number of aromatic nitrogens is 4. The van der Waals surface area contributed by atoms with E-state index in [1.807, 2.05) is 11.9 Å². The Morgan fingerprint density at radius 3 is 1.51 bits per heavy atom. The zero-order valence-electron chi connectivity index (χ0n) is 40.9. The zero-order valence-corrected chi connectivity index (χ0v) is 53.3. The van der Waals surface area contributed by atoms with Gasteiger partial charge in [0.15, 0.2) is 0 Å². The van der Waals surface area contributed by atoms with Crippen LogP contribution in [0.4, 0.5) is 5.00 Å². The summed E-state index contributed by atoms with van der Waals surface area (Å²) in [6.45, 7) is 4.11. The molecule has 3 N–H and O–H groups in total. The van der Waals surface area contributed by atoms with Gasteiger partial charge in [-0.3, -0.25) is 28.8 Å². The van der Waals surface area contributed by atoms with Crippen LogP contribution in [-0.4, -0.2) is 95.5 Å². The second-order valence-corrected chi connectivity index (χ2v) is 55.1. The molecule has 3 unspecified atom stereocenters. The standard InChI is InChI=1S/C13H14N2O2S.C13H17NO4S.C12H12N2O3S.C8H12O3.CH3I.2CH4.3HI.V/c1-7-11-9-4-3-8(13(16)17-2)5-10(9)18-12(11)15-6-14-7;1-3-18-13(16)10-8-5-4-7(12(15)17-2)6-9(8)19-11(10)14;1-17-12(16)6-2-3-7-8(4-6)18-11-9(7)10(15)13-5-14-11;1-11-8(10)6-2-4-7(9)5-3-6;1-2;;;;;;/h6,8H,3-5H2,1-2H3;7H,3-6,14H2,1-2H3;5-6H,2-4H2,1H3,(H,13,14,15);6H,2-5H2,1H3;1H3;2*1H4;3*1H;/q;;;;;;;;;;+3/p-3. The molecule has 0 saturated heterocycles. The van der Waals surface area contributed by atoms with Gasteiger partial charge in [0.25, 0.3) is 5.56 Å². The number of halogens is 4. The molecular formula is C49H66I4N5O12S3V. The number of anilines is 1. The van der Waals surface area contributed by atoms with Crippen molar-refractivity contribution >= 4 is 178 Å². The number of rotatable bonds is 6. The molecule has 0 radical (unpaired) electrons. The van der Waals surface area contributed by atoms with Gasteiger partial charge >= 0.3 is 94.7 Å². The van der Waals surface area contributed by atoms with Gasteiger partial charge < -0.3 is 34.4 Å². The van der Waals surface area contributed by atoms with Crippen molar-refractivity contribution in [1.29, 1.82) is 0 Å². The van der Waals surface area contributed by atoms with Crippen LogP contribution >= 0.6 is 117 Å². The van der Waals surface area contributed by atoms with Crippen LogP contribution in [0.1, 0.15) is 114 Å². The normalized spacial score (nSPS) is 17.1. The number of hydrogen-bond acceptors (Lipinski definition) is 19. The fourth-order valence-corrected chi connectivity index (χ4v) is 12.6. The minimum atomic E-state index is -0.367. The number of carbonyl (C=O) groups excluding carboxylic acids is 6. The number of nitrogens with two attached hydrogens (primary N) is 1. The summed E-state index contributed by atoms with van der Waals surface area (Å²) in [6, 6.07) is 0. The van der Waals surface area contributed by atoms with Crippen molar-refractivity contribution in [2.45, 2.75) is 112 Å². The number of thiophene rings is 3. The Morgan fingerprint density at radius 2 is 1.05 bits per heavy atom. The number of H-pyrrole nitrogens is 1. The Labute approximate surface area is 496 Å². The molecule has 0 aromatic carbocycles. The molecule has 3 atom stereocenters. The molecule has 1 saturated carbocycles. The predicted molar refractivity (Wildman–Crippen MR) is 324 cm³/mol. The quantitative estimate of drug-likeness (QED) is 0.0694. The summed E-state index contributed by atoms with van der Waals surface area (Å²) >= 11 is 14.1. The van der Waals surface area contributed by atoms with E-state index in [-0.39, 0.29) is 84.6 Å². The number of esters is 5. The summed E-state index contributed by atoms with van der Waals surface area (Å²) in [5, 5.41) is 2.37. The van der Waals surface area contributed by atoms with Crippen LogP contribution in [0.25, 0.3) is 20.4 Å². The van der Waals surface area contributed by atoms with Crippen LogP contribution in [0.5, 0.6) is 0 Å². The van der Waals surface area contributed by atoms with Gasteiger partial charge in [0.1, 0.15) is 26.8 Å². The van der Waals surface area contributed by atoms with Crippen molar-refractivity contribution in [3.63, 3.8) is 0 Å². The van der Waals surface area contributed by atoms with E-state index in [4.69, 9.17) is 24.7 Å². The Bertz CT molecular complexity index is 2740. The monoisotopic (exact) mass is 1570 g/mol. The SMILES string of the molecule is C.C.CCOC(=O)c1c(N)sc2c1CCC(C(=O)OC)C2.CI.COC(=O)C1CCC(=O)CC1.COC(=O)C1CCc2c(sc3nc[nH]c(=O)c23)C1.COC(=O)C1CCc2c(sc3ncnc(C)c23)C1.[I][V]([I])[I]. The van der Waals surface area contributed by atoms with E-state index < -0.39 is 0 Å². The Kier molecular flexibility index (Phi) is 31.3. The minimum absolute atomic E-state index is 0. The van der Waals surface area contributed by atoms with Gasteiger partial charge in [0, 0.05) is 38.6 Å². The van der Waals surface area contributed by atoms with Gasteiger partial charge in [-0.1, -0.05) is 37.4 Å². The van der Waals surface area contributed by atoms with E-state index in [2.05, 4.69) is 107 Å². The van der Waals surface area contributed by atoms with Crippen molar-refractivity contribution in [3.05, 3.63) is 65.6 Å². The van der Waals surface area contributed by atoms with Crippen molar-refractivity contribution in [3.8, 4) is 0 Å². The first-order valence-electron chi connectivity index (χ1n) is 22.7. The molecule has 17 nitrogen and oxygen atoms in total. The van der Waals surface area contributed by atoms with E-state index in [0.29, 0.717) is 73.9 Å². The van der Waals surface area contributed by atoms with Crippen molar-refractivity contribution in [2.75, 3.05) is 45.7 Å². The van der Waals surface area contributed by atoms with E-state index in [0.717, 1.165) is 68.3 Å². The number of methoxy groups -OCH3 is 4. The number of alkyl halides is 1. The number of hydrogen-bond donors (Lipinski definition) is 2. The average molecular weight is 1570 g/mol. The van der Waals surface area contributed by atoms with Gasteiger partial charge in [-0.25, -0.2) is 19.7 Å². The number of ether oxygens (including phenoxy) is 5. The third kappa shape index (κ3) is 18.5. The van der Waals surface area contributed by atoms with Crippen molar-refractivity contribution in [1.82, 2.24) is 19.9 Å².